The van der Waals surface area contributed by atoms with Gasteiger partial charge >= 0.3 is 0 Å². The summed E-state index contributed by atoms with van der Waals surface area (Å²) in [5, 5.41) is 2.86. The highest BCUT2D eigenvalue weighted by Gasteiger charge is 2.27. The van der Waals surface area contributed by atoms with Gasteiger partial charge in [0.25, 0.3) is 5.91 Å². The van der Waals surface area contributed by atoms with E-state index in [4.69, 9.17) is 10.5 Å². The number of hydrogen-bond acceptors (Lipinski definition) is 5. The summed E-state index contributed by atoms with van der Waals surface area (Å²) < 4.78 is 5.31. The maximum absolute atomic E-state index is 12.2. The lowest BCUT2D eigenvalue weighted by molar-refractivity contribution is -0.118. The Balaban J connectivity index is 2.04. The van der Waals surface area contributed by atoms with Gasteiger partial charge in [-0.25, -0.2) is 4.98 Å². The molecular weight excluding hydrogens is 272 g/mol. The van der Waals surface area contributed by atoms with Crippen molar-refractivity contribution < 1.29 is 14.3 Å². The van der Waals surface area contributed by atoms with Crippen LogP contribution in [0.4, 0.5) is 0 Å². The fourth-order valence-electron chi connectivity index (χ4n) is 2.42. The van der Waals surface area contributed by atoms with E-state index in [0.29, 0.717) is 13.2 Å². The Kier molecular flexibility index (Phi) is 5.21. The Morgan fingerprint density at radius 2 is 2.10 bits per heavy atom. The maximum atomic E-state index is 12.2. The number of aryl methyl sites for hydroxylation is 1. The second-order valence-electron chi connectivity index (χ2n) is 5.24. The van der Waals surface area contributed by atoms with Gasteiger partial charge in [0, 0.05) is 31.9 Å². The van der Waals surface area contributed by atoms with E-state index in [1.165, 1.54) is 12.4 Å². The summed E-state index contributed by atoms with van der Waals surface area (Å²) in [5.74, 6) is -0.573. The van der Waals surface area contributed by atoms with Gasteiger partial charge in [-0.1, -0.05) is 0 Å². The lowest BCUT2D eigenvalue weighted by Crippen LogP contribution is -2.44. The van der Waals surface area contributed by atoms with E-state index in [1.54, 1.807) is 6.92 Å². The predicted octanol–water partition coefficient (Wildman–Crippen LogP) is 0.185. The highest BCUT2D eigenvalue weighted by Crippen LogP contribution is 2.21. The topological polar surface area (TPSA) is 107 Å². The van der Waals surface area contributed by atoms with Gasteiger partial charge in [-0.2, -0.15) is 0 Å². The number of primary amides is 1. The molecular formula is C14H20N4O3. The average molecular weight is 292 g/mol. The van der Waals surface area contributed by atoms with Gasteiger partial charge in [0.05, 0.1) is 11.9 Å². The number of carbonyl (C=O) groups excluding carboxylic acids is 2. The van der Waals surface area contributed by atoms with Crippen molar-refractivity contribution in [2.24, 2.45) is 11.7 Å². The van der Waals surface area contributed by atoms with Gasteiger partial charge < -0.3 is 15.8 Å². The summed E-state index contributed by atoms with van der Waals surface area (Å²) in [6, 6.07) is -0.290. The maximum Gasteiger partial charge on any atom is 0.271 e. The predicted molar refractivity (Wildman–Crippen MR) is 75.4 cm³/mol. The van der Waals surface area contributed by atoms with Crippen LogP contribution in [0.2, 0.25) is 0 Å². The van der Waals surface area contributed by atoms with Crippen LogP contribution in [0.25, 0.3) is 0 Å². The molecule has 2 amide bonds. The summed E-state index contributed by atoms with van der Waals surface area (Å²) in [6.07, 6.45) is 4.69. The third-order valence-electron chi connectivity index (χ3n) is 3.59. The van der Waals surface area contributed by atoms with Crippen LogP contribution < -0.4 is 11.1 Å². The van der Waals surface area contributed by atoms with Gasteiger partial charge in [0.15, 0.2) is 0 Å². The first kappa shape index (κ1) is 15.4. The second kappa shape index (κ2) is 7.12. The van der Waals surface area contributed by atoms with Crippen LogP contribution in [0.1, 0.15) is 35.4 Å². The summed E-state index contributed by atoms with van der Waals surface area (Å²) in [5.41, 5.74) is 6.26. The van der Waals surface area contributed by atoms with Crippen LogP contribution in [0.15, 0.2) is 12.4 Å². The van der Waals surface area contributed by atoms with E-state index >= 15 is 0 Å². The van der Waals surface area contributed by atoms with Crippen molar-refractivity contribution >= 4 is 11.8 Å². The largest absolute Gasteiger partial charge is 0.381 e. The molecule has 1 fully saturated rings. The van der Waals surface area contributed by atoms with E-state index in [9.17, 15) is 9.59 Å². The zero-order valence-corrected chi connectivity index (χ0v) is 12.0. The molecule has 0 bridgehead atoms. The molecule has 7 nitrogen and oxygen atoms in total. The molecule has 1 saturated heterocycles. The smallest absolute Gasteiger partial charge is 0.271 e. The van der Waals surface area contributed by atoms with Crippen molar-refractivity contribution in [3.63, 3.8) is 0 Å². The second-order valence-corrected chi connectivity index (χ2v) is 5.24. The SMILES string of the molecule is Cc1cnc(C(=O)NC(CC(N)=O)C2CCOCC2)cn1. The zero-order chi connectivity index (χ0) is 15.2. The summed E-state index contributed by atoms with van der Waals surface area (Å²) in [4.78, 5) is 31.5. The Hall–Kier alpha value is -2.02. The number of nitrogens with two attached hydrogens (primary N) is 1. The van der Waals surface area contributed by atoms with Crippen LogP contribution in [0, 0.1) is 12.8 Å². The molecule has 1 aromatic heterocycles. The molecule has 0 aliphatic carbocycles. The van der Waals surface area contributed by atoms with E-state index in [0.717, 1.165) is 18.5 Å². The molecule has 0 saturated carbocycles. The molecule has 1 unspecified atom stereocenters. The molecule has 1 aliphatic heterocycles. The summed E-state index contributed by atoms with van der Waals surface area (Å²) in [7, 11) is 0. The first-order valence-electron chi connectivity index (χ1n) is 7.02. The fourth-order valence-corrected chi connectivity index (χ4v) is 2.42. The number of nitrogens with zero attached hydrogens (tertiary/aromatic N) is 2. The van der Waals surface area contributed by atoms with E-state index < -0.39 is 5.91 Å². The minimum Gasteiger partial charge on any atom is -0.381 e. The quantitative estimate of drug-likeness (QED) is 0.805. The van der Waals surface area contributed by atoms with E-state index in [2.05, 4.69) is 15.3 Å². The highest BCUT2D eigenvalue weighted by molar-refractivity contribution is 5.92. The Morgan fingerprint density at radius 1 is 1.38 bits per heavy atom. The van der Waals surface area contributed by atoms with Crippen molar-refractivity contribution in [1.82, 2.24) is 15.3 Å². The molecule has 114 valence electrons. The van der Waals surface area contributed by atoms with Crippen LogP contribution in [0.3, 0.4) is 0 Å². The molecule has 1 atom stereocenters. The Bertz CT molecular complexity index is 497. The molecule has 0 spiro atoms. The first-order chi connectivity index (χ1) is 10.1. The molecule has 1 aliphatic rings. The molecule has 0 aromatic carbocycles. The Labute approximate surface area is 123 Å². The van der Waals surface area contributed by atoms with Crippen LogP contribution in [0.5, 0.6) is 0 Å². The standard InChI is InChI=1S/C14H20N4O3/c1-9-7-17-12(8-16-9)14(20)18-11(6-13(15)19)10-2-4-21-5-3-10/h7-8,10-11H,2-6H2,1H3,(H2,15,19)(H,18,20). The molecule has 3 N–H and O–H groups in total. The van der Waals surface area contributed by atoms with Crippen molar-refractivity contribution in [3.8, 4) is 0 Å². The van der Waals surface area contributed by atoms with Crippen molar-refractivity contribution in [2.45, 2.75) is 32.2 Å². The third-order valence-corrected chi connectivity index (χ3v) is 3.59. The normalized spacial score (nSPS) is 17.2. The van der Waals surface area contributed by atoms with Crippen LogP contribution in [-0.2, 0) is 9.53 Å². The van der Waals surface area contributed by atoms with Gasteiger partial charge in [0.2, 0.25) is 5.91 Å². The molecule has 7 heteroatoms. The number of carbonyl (C=O) groups is 2. The summed E-state index contributed by atoms with van der Waals surface area (Å²) >= 11 is 0. The number of nitrogens with one attached hydrogen (secondary N) is 1. The zero-order valence-electron chi connectivity index (χ0n) is 12.0. The Morgan fingerprint density at radius 3 is 2.67 bits per heavy atom. The summed E-state index contributed by atoms with van der Waals surface area (Å²) in [6.45, 7) is 3.08. The lowest BCUT2D eigenvalue weighted by Gasteiger charge is -2.30. The molecule has 0 radical (unpaired) electrons. The van der Waals surface area contributed by atoms with E-state index in [-0.39, 0.29) is 30.0 Å². The highest BCUT2D eigenvalue weighted by atomic mass is 16.5. The number of aromatic nitrogens is 2. The number of rotatable bonds is 5. The van der Waals surface area contributed by atoms with Gasteiger partial charge in [0.1, 0.15) is 5.69 Å². The molecule has 1 aromatic rings. The number of hydrogen-bond donors (Lipinski definition) is 2. The van der Waals surface area contributed by atoms with Crippen LogP contribution >= 0.6 is 0 Å². The third kappa shape index (κ3) is 4.49. The fraction of sp³-hybridized carbons (Fsp3) is 0.571. The van der Waals surface area contributed by atoms with E-state index in [1.807, 2.05) is 0 Å². The first-order valence-corrected chi connectivity index (χ1v) is 7.02. The minimum atomic E-state index is -0.429. The number of amides is 2. The average Bonchev–Trinajstić information content (AvgIpc) is 2.47. The molecule has 2 rings (SSSR count). The monoisotopic (exact) mass is 292 g/mol. The van der Waals surface area contributed by atoms with Gasteiger partial charge in [-0.15, -0.1) is 0 Å². The van der Waals surface area contributed by atoms with Gasteiger partial charge in [-0.3, -0.25) is 14.6 Å². The van der Waals surface area contributed by atoms with Crippen molar-refractivity contribution in [1.29, 1.82) is 0 Å². The van der Waals surface area contributed by atoms with Gasteiger partial charge in [-0.05, 0) is 25.7 Å². The molecule has 21 heavy (non-hydrogen) atoms. The van der Waals surface area contributed by atoms with Crippen LogP contribution in [-0.4, -0.2) is 41.0 Å². The van der Waals surface area contributed by atoms with Crippen molar-refractivity contribution in [3.05, 3.63) is 23.8 Å². The van der Waals surface area contributed by atoms with Crippen molar-refractivity contribution in [2.75, 3.05) is 13.2 Å². The minimum absolute atomic E-state index is 0.121. The lowest BCUT2D eigenvalue weighted by atomic mass is 9.89. The molecule has 2 heterocycles. The number of ether oxygens (including phenoxy) is 1.